The fraction of sp³-hybridized carbons (Fsp3) is 0.429. The van der Waals surface area contributed by atoms with E-state index in [9.17, 15) is 5.11 Å². The number of benzene rings is 2. The van der Waals surface area contributed by atoms with E-state index in [1.807, 2.05) is 0 Å². The van der Waals surface area contributed by atoms with Gasteiger partial charge in [0.15, 0.2) is 0 Å². The van der Waals surface area contributed by atoms with Crippen LogP contribution in [0.25, 0.3) is 0 Å². The molecule has 4 rings (SSSR count). The first-order valence-corrected chi connectivity index (χ1v) is 9.08. The first-order chi connectivity index (χ1) is 11.8. The molecule has 2 aromatic rings. The summed E-state index contributed by atoms with van der Waals surface area (Å²) in [5.41, 5.74) is 5.74. The molecule has 1 heterocycles. The largest absolute Gasteiger partial charge is 0.390 e. The highest BCUT2D eigenvalue weighted by Crippen LogP contribution is 2.30. The van der Waals surface area contributed by atoms with Crippen molar-refractivity contribution in [3.63, 3.8) is 0 Å². The van der Waals surface area contributed by atoms with Crippen molar-refractivity contribution in [2.45, 2.75) is 38.0 Å². The molecule has 2 aliphatic rings. The van der Waals surface area contributed by atoms with Crippen molar-refractivity contribution in [1.29, 1.82) is 0 Å². The second-order valence-electron chi connectivity index (χ2n) is 7.11. The molecule has 1 aliphatic carbocycles. The highest BCUT2D eigenvalue weighted by Gasteiger charge is 2.23. The van der Waals surface area contributed by atoms with Gasteiger partial charge < -0.3 is 10.4 Å². The Morgan fingerprint density at radius 3 is 2.62 bits per heavy atom. The number of β-amino-alcohol motifs (C(OH)–C–C–N with tert-alkyl or cyclic N) is 1. The number of aliphatic hydroxyl groups is 1. The molecule has 0 saturated carbocycles. The fourth-order valence-electron chi connectivity index (χ4n) is 4.12. The van der Waals surface area contributed by atoms with E-state index in [0.29, 0.717) is 12.6 Å². The van der Waals surface area contributed by atoms with Gasteiger partial charge in [-0.2, -0.15) is 0 Å². The van der Waals surface area contributed by atoms with Crippen LogP contribution in [0, 0.1) is 0 Å². The van der Waals surface area contributed by atoms with Gasteiger partial charge in [-0.15, -0.1) is 0 Å². The molecule has 0 saturated heterocycles. The van der Waals surface area contributed by atoms with Crippen molar-refractivity contribution in [1.82, 2.24) is 10.2 Å². The molecule has 3 heteroatoms. The summed E-state index contributed by atoms with van der Waals surface area (Å²) in [5.74, 6) is 0. The molecule has 0 spiro atoms. The van der Waals surface area contributed by atoms with E-state index in [1.54, 1.807) is 0 Å². The number of hydrogen-bond donors (Lipinski definition) is 2. The van der Waals surface area contributed by atoms with Crippen molar-refractivity contribution in [3.05, 3.63) is 70.8 Å². The third-order valence-electron chi connectivity index (χ3n) is 5.41. The first-order valence-electron chi connectivity index (χ1n) is 9.08. The summed E-state index contributed by atoms with van der Waals surface area (Å²) in [6, 6.07) is 17.7. The fourth-order valence-corrected chi connectivity index (χ4v) is 4.12. The molecule has 3 nitrogen and oxygen atoms in total. The van der Waals surface area contributed by atoms with Crippen LogP contribution >= 0.6 is 0 Å². The van der Waals surface area contributed by atoms with Gasteiger partial charge in [-0.3, -0.25) is 4.90 Å². The summed E-state index contributed by atoms with van der Waals surface area (Å²) in [6.45, 7) is 3.41. The van der Waals surface area contributed by atoms with Crippen molar-refractivity contribution < 1.29 is 5.11 Å². The molecule has 2 aromatic carbocycles. The van der Waals surface area contributed by atoms with E-state index >= 15 is 0 Å². The molecule has 0 fully saturated rings. The summed E-state index contributed by atoms with van der Waals surface area (Å²) >= 11 is 0. The lowest BCUT2D eigenvalue weighted by Gasteiger charge is -2.30. The second kappa shape index (κ2) is 7.06. The van der Waals surface area contributed by atoms with Gasteiger partial charge in [0.1, 0.15) is 0 Å². The van der Waals surface area contributed by atoms with Crippen molar-refractivity contribution >= 4 is 0 Å². The van der Waals surface area contributed by atoms with E-state index in [-0.39, 0.29) is 6.10 Å². The lowest BCUT2D eigenvalue weighted by atomic mass is 10.00. The molecular formula is C21H26N2O. The van der Waals surface area contributed by atoms with Gasteiger partial charge in [-0.25, -0.2) is 0 Å². The Morgan fingerprint density at radius 1 is 1.00 bits per heavy atom. The van der Waals surface area contributed by atoms with Gasteiger partial charge in [0.25, 0.3) is 0 Å². The van der Waals surface area contributed by atoms with Gasteiger partial charge >= 0.3 is 0 Å². The standard InChI is InChI=1S/C21H26N2O/c24-19(13-22-21-10-9-17-6-3-4-8-20(17)21)15-23-12-11-16-5-1-2-7-18(16)14-23/h1-8,19,21-22,24H,9-15H2. The van der Waals surface area contributed by atoms with Gasteiger partial charge in [0.05, 0.1) is 6.10 Å². The normalized spacial score (nSPS) is 21.3. The Morgan fingerprint density at radius 2 is 1.75 bits per heavy atom. The number of rotatable bonds is 5. The lowest BCUT2D eigenvalue weighted by Crippen LogP contribution is -2.41. The van der Waals surface area contributed by atoms with Crippen molar-refractivity contribution in [2.24, 2.45) is 0 Å². The Labute approximate surface area is 144 Å². The van der Waals surface area contributed by atoms with Crippen LogP contribution in [0.5, 0.6) is 0 Å². The maximum Gasteiger partial charge on any atom is 0.0791 e. The zero-order valence-corrected chi connectivity index (χ0v) is 14.1. The van der Waals surface area contributed by atoms with E-state index < -0.39 is 0 Å². The number of fused-ring (bicyclic) bond motifs is 2. The number of nitrogens with zero attached hydrogens (tertiary/aromatic N) is 1. The third-order valence-corrected chi connectivity index (χ3v) is 5.41. The molecule has 24 heavy (non-hydrogen) atoms. The van der Waals surface area contributed by atoms with Crippen LogP contribution in [0.15, 0.2) is 48.5 Å². The lowest BCUT2D eigenvalue weighted by molar-refractivity contribution is 0.102. The predicted molar refractivity (Wildman–Crippen MR) is 96.9 cm³/mol. The highest BCUT2D eigenvalue weighted by molar-refractivity contribution is 5.34. The Hall–Kier alpha value is -1.68. The summed E-state index contributed by atoms with van der Waals surface area (Å²) in [5, 5.41) is 14.0. The minimum atomic E-state index is -0.317. The molecule has 0 aromatic heterocycles. The molecule has 2 atom stereocenters. The van der Waals surface area contributed by atoms with Crippen molar-refractivity contribution in [2.75, 3.05) is 19.6 Å². The van der Waals surface area contributed by atoms with Gasteiger partial charge in [0.2, 0.25) is 0 Å². The summed E-state index contributed by atoms with van der Waals surface area (Å²) in [4.78, 5) is 2.37. The summed E-state index contributed by atoms with van der Waals surface area (Å²) in [6.07, 6.45) is 3.06. The Kier molecular flexibility index (Phi) is 4.65. The zero-order valence-electron chi connectivity index (χ0n) is 14.1. The molecule has 0 amide bonds. The maximum atomic E-state index is 10.5. The molecule has 2 N–H and O–H groups in total. The monoisotopic (exact) mass is 322 g/mol. The first kappa shape index (κ1) is 15.8. The Bertz CT molecular complexity index is 700. The minimum absolute atomic E-state index is 0.317. The maximum absolute atomic E-state index is 10.5. The average molecular weight is 322 g/mol. The van der Waals surface area contributed by atoms with E-state index in [1.165, 1.54) is 22.3 Å². The second-order valence-corrected chi connectivity index (χ2v) is 7.11. The summed E-state index contributed by atoms with van der Waals surface area (Å²) < 4.78 is 0. The van der Waals surface area contributed by atoms with Gasteiger partial charge in [0, 0.05) is 32.2 Å². The molecule has 126 valence electrons. The van der Waals surface area contributed by atoms with Crippen molar-refractivity contribution in [3.8, 4) is 0 Å². The number of hydrogen-bond acceptors (Lipinski definition) is 3. The van der Waals surface area contributed by atoms with Gasteiger partial charge in [-0.05, 0) is 41.5 Å². The zero-order chi connectivity index (χ0) is 16.4. The average Bonchev–Trinajstić information content (AvgIpc) is 3.03. The van der Waals surface area contributed by atoms with Crippen LogP contribution in [-0.4, -0.2) is 35.7 Å². The quantitative estimate of drug-likeness (QED) is 0.888. The molecule has 1 aliphatic heterocycles. The third kappa shape index (κ3) is 3.39. The predicted octanol–water partition coefficient (Wildman–Crippen LogP) is 2.68. The highest BCUT2D eigenvalue weighted by atomic mass is 16.3. The molecule has 2 unspecified atom stereocenters. The van der Waals surface area contributed by atoms with Crippen LogP contribution < -0.4 is 5.32 Å². The molecule has 0 radical (unpaired) electrons. The number of nitrogens with one attached hydrogen (secondary N) is 1. The SMILES string of the molecule is OC(CNC1CCc2ccccc21)CN1CCc2ccccc2C1. The number of aliphatic hydroxyl groups excluding tert-OH is 1. The van der Waals surface area contributed by atoms with Crippen LogP contribution in [0.2, 0.25) is 0 Å². The van der Waals surface area contributed by atoms with Crippen LogP contribution in [0.1, 0.15) is 34.7 Å². The molecule has 0 bridgehead atoms. The Balaban J connectivity index is 1.28. The number of aryl methyl sites for hydroxylation is 1. The van der Waals surface area contributed by atoms with E-state index in [0.717, 1.165) is 38.9 Å². The molecular weight excluding hydrogens is 296 g/mol. The van der Waals surface area contributed by atoms with Crippen LogP contribution in [-0.2, 0) is 19.4 Å². The van der Waals surface area contributed by atoms with Crippen LogP contribution in [0.3, 0.4) is 0 Å². The minimum Gasteiger partial charge on any atom is -0.390 e. The van der Waals surface area contributed by atoms with Gasteiger partial charge in [-0.1, -0.05) is 48.5 Å². The van der Waals surface area contributed by atoms with E-state index in [2.05, 4.69) is 58.7 Å². The van der Waals surface area contributed by atoms with E-state index in [4.69, 9.17) is 0 Å². The topological polar surface area (TPSA) is 35.5 Å². The smallest absolute Gasteiger partial charge is 0.0791 e. The van der Waals surface area contributed by atoms with Crippen LogP contribution in [0.4, 0.5) is 0 Å². The summed E-state index contributed by atoms with van der Waals surface area (Å²) in [7, 11) is 0.